The lowest BCUT2D eigenvalue weighted by molar-refractivity contribution is -0.394. The number of non-ortho nitro benzene ring substituents is 1. The Balaban J connectivity index is 1.66. The van der Waals surface area contributed by atoms with Crippen molar-refractivity contribution in [3.05, 3.63) is 109 Å². The summed E-state index contributed by atoms with van der Waals surface area (Å²) in [4.78, 5) is 57.6. The van der Waals surface area contributed by atoms with E-state index in [-0.39, 0.29) is 22.6 Å². The molecule has 0 saturated carbocycles. The van der Waals surface area contributed by atoms with Crippen molar-refractivity contribution in [2.45, 2.75) is 13.8 Å². The average Bonchev–Trinajstić information content (AvgIpc) is 2.83. The molecule has 35 heavy (non-hydrogen) atoms. The van der Waals surface area contributed by atoms with Crippen LogP contribution in [0.3, 0.4) is 0 Å². The van der Waals surface area contributed by atoms with Crippen molar-refractivity contribution in [2.75, 3.05) is 11.9 Å². The van der Waals surface area contributed by atoms with Crippen LogP contribution in [-0.4, -0.2) is 34.1 Å². The van der Waals surface area contributed by atoms with Crippen LogP contribution in [-0.2, 0) is 4.74 Å². The summed E-state index contributed by atoms with van der Waals surface area (Å²) in [5.74, 6) is -1.94. The zero-order valence-electron chi connectivity index (χ0n) is 18.6. The number of anilines is 1. The molecule has 0 unspecified atom stereocenters. The van der Waals surface area contributed by atoms with Gasteiger partial charge < -0.3 is 10.1 Å². The first-order valence-corrected chi connectivity index (χ1v) is 10.2. The zero-order chi connectivity index (χ0) is 25.7. The van der Waals surface area contributed by atoms with Crippen LogP contribution in [0.4, 0.5) is 17.1 Å². The molecule has 1 amide bonds. The van der Waals surface area contributed by atoms with Gasteiger partial charge in [-0.15, -0.1) is 0 Å². The maximum Gasteiger partial charge on any atom is 0.338 e. The highest BCUT2D eigenvalue weighted by molar-refractivity contribution is 6.07. The van der Waals surface area contributed by atoms with Crippen LogP contribution in [0.1, 0.15) is 42.2 Å². The number of Topliss-reactive ketones (excluding diaryl/α,β-unsaturated/α-hetero) is 1. The van der Waals surface area contributed by atoms with Crippen LogP contribution in [0.25, 0.3) is 0 Å². The standard InChI is InChI=1S/C24H19N3O8/c1-14-3-4-15(2)20(11-14)22(28)13-35-24(30)16-5-7-17(8-6-16)25-23(29)19-10-9-18(26(31)32)12-21(19)27(33)34/h3-12H,13H2,1-2H3,(H,25,29). The van der Waals surface area contributed by atoms with E-state index in [1.165, 1.54) is 24.3 Å². The number of amides is 1. The van der Waals surface area contributed by atoms with Crippen LogP contribution in [0.15, 0.2) is 60.7 Å². The van der Waals surface area contributed by atoms with Crippen LogP contribution >= 0.6 is 0 Å². The molecule has 3 rings (SSSR count). The minimum absolute atomic E-state index is 0.123. The van der Waals surface area contributed by atoms with Gasteiger partial charge >= 0.3 is 5.97 Å². The molecule has 0 aliphatic heterocycles. The van der Waals surface area contributed by atoms with Gasteiger partial charge in [-0.05, 0) is 55.8 Å². The maximum atomic E-state index is 12.5. The Morgan fingerprint density at radius 3 is 2.17 bits per heavy atom. The van der Waals surface area contributed by atoms with Crippen molar-refractivity contribution < 1.29 is 29.0 Å². The van der Waals surface area contributed by atoms with E-state index in [1.807, 2.05) is 19.1 Å². The third kappa shape index (κ3) is 5.90. The fourth-order valence-corrected chi connectivity index (χ4v) is 3.19. The fourth-order valence-electron chi connectivity index (χ4n) is 3.19. The highest BCUT2D eigenvalue weighted by atomic mass is 16.6. The first-order chi connectivity index (χ1) is 16.6. The topological polar surface area (TPSA) is 159 Å². The molecule has 3 aromatic rings. The number of carbonyl (C=O) groups excluding carboxylic acids is 3. The molecule has 0 aliphatic rings. The number of rotatable bonds is 8. The molecule has 0 aromatic heterocycles. The maximum absolute atomic E-state index is 12.5. The monoisotopic (exact) mass is 477 g/mol. The van der Waals surface area contributed by atoms with Gasteiger partial charge in [-0.3, -0.25) is 29.8 Å². The van der Waals surface area contributed by atoms with Gasteiger partial charge in [0.15, 0.2) is 6.61 Å². The van der Waals surface area contributed by atoms with Gasteiger partial charge in [0.05, 0.1) is 21.5 Å². The molecule has 1 N–H and O–H groups in total. The number of nitro benzene ring substituents is 2. The number of nitrogens with zero attached hydrogens (tertiary/aromatic N) is 2. The number of nitrogens with one attached hydrogen (secondary N) is 1. The number of esters is 1. The van der Waals surface area contributed by atoms with E-state index in [1.54, 1.807) is 13.0 Å². The minimum atomic E-state index is -0.888. The van der Waals surface area contributed by atoms with E-state index in [0.29, 0.717) is 11.6 Å². The predicted octanol–water partition coefficient (Wildman–Crippen LogP) is 4.41. The second kappa shape index (κ2) is 10.3. The molecule has 0 fully saturated rings. The molecular weight excluding hydrogens is 458 g/mol. The Bertz CT molecular complexity index is 1350. The lowest BCUT2D eigenvalue weighted by Gasteiger charge is -2.09. The molecule has 0 radical (unpaired) electrons. The zero-order valence-corrected chi connectivity index (χ0v) is 18.6. The normalized spacial score (nSPS) is 10.3. The van der Waals surface area contributed by atoms with Gasteiger partial charge in [0, 0.05) is 17.3 Å². The SMILES string of the molecule is Cc1ccc(C)c(C(=O)COC(=O)c2ccc(NC(=O)c3ccc([N+](=O)[O-])cc3[N+](=O)[O-])cc2)c1. The predicted molar refractivity (Wildman–Crippen MR) is 125 cm³/mol. The molecule has 0 atom stereocenters. The summed E-state index contributed by atoms with van der Waals surface area (Å²) < 4.78 is 5.10. The van der Waals surface area contributed by atoms with Crippen LogP contribution in [0, 0.1) is 34.1 Å². The van der Waals surface area contributed by atoms with Crippen LogP contribution < -0.4 is 5.32 Å². The van der Waals surface area contributed by atoms with E-state index in [4.69, 9.17) is 4.74 Å². The summed E-state index contributed by atoms with van der Waals surface area (Å²) in [6.45, 7) is 3.20. The number of carbonyl (C=O) groups is 3. The van der Waals surface area contributed by atoms with Gasteiger partial charge in [-0.25, -0.2) is 4.79 Å². The van der Waals surface area contributed by atoms with E-state index >= 15 is 0 Å². The van der Waals surface area contributed by atoms with Crippen molar-refractivity contribution in [3.63, 3.8) is 0 Å². The number of ether oxygens (including phenoxy) is 1. The minimum Gasteiger partial charge on any atom is -0.454 e. The molecule has 0 spiro atoms. The highest BCUT2D eigenvalue weighted by Gasteiger charge is 2.24. The Kier molecular flexibility index (Phi) is 7.30. The van der Waals surface area contributed by atoms with Gasteiger partial charge in [0.1, 0.15) is 5.56 Å². The van der Waals surface area contributed by atoms with E-state index in [0.717, 1.165) is 23.3 Å². The fraction of sp³-hybridized carbons (Fsp3) is 0.125. The number of ketones is 1. The lowest BCUT2D eigenvalue weighted by Crippen LogP contribution is -2.16. The first-order valence-electron chi connectivity index (χ1n) is 10.2. The highest BCUT2D eigenvalue weighted by Crippen LogP contribution is 2.25. The molecule has 178 valence electrons. The molecule has 0 saturated heterocycles. The summed E-state index contributed by atoms with van der Waals surface area (Å²) in [6, 6.07) is 13.5. The van der Waals surface area contributed by atoms with Crippen molar-refractivity contribution in [1.82, 2.24) is 0 Å². The Hall–Kier alpha value is -4.93. The molecule has 0 aliphatic carbocycles. The third-order valence-corrected chi connectivity index (χ3v) is 5.04. The summed E-state index contributed by atoms with van der Waals surface area (Å²) in [7, 11) is 0. The van der Waals surface area contributed by atoms with Gasteiger partial charge in [-0.1, -0.05) is 17.7 Å². The lowest BCUT2D eigenvalue weighted by atomic mass is 10.0. The summed E-state index contributed by atoms with van der Waals surface area (Å²) in [5, 5.41) is 24.5. The van der Waals surface area contributed by atoms with Gasteiger partial charge in [0.25, 0.3) is 17.3 Å². The summed E-state index contributed by atoms with van der Waals surface area (Å²) in [6.07, 6.45) is 0. The number of hydrogen-bond donors (Lipinski definition) is 1. The van der Waals surface area contributed by atoms with Gasteiger partial charge in [-0.2, -0.15) is 0 Å². The van der Waals surface area contributed by atoms with Crippen molar-refractivity contribution in [2.24, 2.45) is 0 Å². The quantitative estimate of drug-likeness (QED) is 0.216. The summed E-state index contributed by atoms with van der Waals surface area (Å²) >= 11 is 0. The summed E-state index contributed by atoms with van der Waals surface area (Å²) in [5.41, 5.74) is 0.874. The number of benzene rings is 3. The molecule has 0 bridgehead atoms. The smallest absolute Gasteiger partial charge is 0.338 e. The Labute approximate surface area is 198 Å². The number of hydrogen-bond acceptors (Lipinski definition) is 8. The third-order valence-electron chi connectivity index (χ3n) is 5.04. The molecular formula is C24H19N3O8. The number of aryl methyl sites for hydroxylation is 2. The molecule has 0 heterocycles. The van der Waals surface area contributed by atoms with E-state index in [9.17, 15) is 34.6 Å². The average molecular weight is 477 g/mol. The van der Waals surface area contributed by atoms with Crippen LogP contribution in [0.2, 0.25) is 0 Å². The second-order valence-electron chi connectivity index (χ2n) is 7.56. The first kappa shape index (κ1) is 24.7. The Morgan fingerprint density at radius 1 is 0.857 bits per heavy atom. The molecule has 11 heteroatoms. The largest absolute Gasteiger partial charge is 0.454 e. The number of nitro groups is 2. The van der Waals surface area contributed by atoms with Crippen molar-refractivity contribution >= 4 is 34.7 Å². The second-order valence-corrected chi connectivity index (χ2v) is 7.56. The van der Waals surface area contributed by atoms with Gasteiger partial charge in [0.2, 0.25) is 5.78 Å². The van der Waals surface area contributed by atoms with E-state index < -0.39 is 39.7 Å². The van der Waals surface area contributed by atoms with Crippen molar-refractivity contribution in [3.8, 4) is 0 Å². The van der Waals surface area contributed by atoms with E-state index in [2.05, 4.69) is 5.32 Å². The molecule has 11 nitrogen and oxygen atoms in total. The van der Waals surface area contributed by atoms with Crippen molar-refractivity contribution in [1.29, 1.82) is 0 Å². The molecule has 3 aromatic carbocycles. The Morgan fingerprint density at radius 2 is 1.54 bits per heavy atom. The van der Waals surface area contributed by atoms with Crippen LogP contribution in [0.5, 0.6) is 0 Å².